The number of halogens is 2. The van der Waals surface area contributed by atoms with E-state index < -0.39 is 11.8 Å². The number of para-hydroxylation sites is 1. The highest BCUT2D eigenvalue weighted by molar-refractivity contribution is 9.10. The molecule has 5 nitrogen and oxygen atoms in total. The zero-order valence-corrected chi connectivity index (χ0v) is 17.8. The van der Waals surface area contributed by atoms with Crippen LogP contribution in [-0.2, 0) is 9.59 Å². The van der Waals surface area contributed by atoms with Gasteiger partial charge in [0.05, 0.1) is 10.7 Å². The van der Waals surface area contributed by atoms with Crippen molar-refractivity contribution in [1.82, 2.24) is 5.32 Å². The molecule has 0 bridgehead atoms. The van der Waals surface area contributed by atoms with Gasteiger partial charge in [0.15, 0.2) is 5.11 Å². The Bertz CT molecular complexity index is 1190. The van der Waals surface area contributed by atoms with Gasteiger partial charge < -0.3 is 4.42 Å². The van der Waals surface area contributed by atoms with Gasteiger partial charge in [0, 0.05) is 10.0 Å². The lowest BCUT2D eigenvalue weighted by atomic mass is 10.1. The van der Waals surface area contributed by atoms with Gasteiger partial charge in [0.25, 0.3) is 11.8 Å². The van der Waals surface area contributed by atoms with Crippen molar-refractivity contribution >= 4 is 68.4 Å². The van der Waals surface area contributed by atoms with Crippen LogP contribution in [-0.4, -0.2) is 16.9 Å². The van der Waals surface area contributed by atoms with Gasteiger partial charge in [0.1, 0.15) is 17.1 Å². The van der Waals surface area contributed by atoms with E-state index >= 15 is 0 Å². The second-order valence-corrected chi connectivity index (χ2v) is 7.83. The normalized spacial score (nSPS) is 15.7. The summed E-state index contributed by atoms with van der Waals surface area (Å²) in [6, 6.07) is 17.8. The number of nitrogens with one attached hydrogen (secondary N) is 1. The average Bonchev–Trinajstić information content (AvgIpc) is 3.15. The summed E-state index contributed by atoms with van der Waals surface area (Å²) in [6.45, 7) is 0. The first-order valence-corrected chi connectivity index (χ1v) is 10.0. The van der Waals surface area contributed by atoms with Gasteiger partial charge in [-0.3, -0.25) is 19.8 Å². The Balaban J connectivity index is 1.70. The van der Waals surface area contributed by atoms with Crippen LogP contribution in [0.25, 0.3) is 17.4 Å². The predicted molar refractivity (Wildman–Crippen MR) is 119 cm³/mol. The van der Waals surface area contributed by atoms with Gasteiger partial charge in [-0.05, 0) is 54.7 Å². The summed E-state index contributed by atoms with van der Waals surface area (Å²) in [4.78, 5) is 26.6. The van der Waals surface area contributed by atoms with Gasteiger partial charge in [0.2, 0.25) is 0 Å². The lowest BCUT2D eigenvalue weighted by Gasteiger charge is -2.29. The highest BCUT2D eigenvalue weighted by Crippen LogP contribution is 2.30. The first-order valence-electron chi connectivity index (χ1n) is 8.46. The SMILES string of the molecule is O=C1NC(=S)N(c2ccccc2Cl)C(=O)/C1=C/c1ccc(-c2cccc(Br)c2)o1. The third kappa shape index (κ3) is 3.89. The van der Waals surface area contributed by atoms with E-state index in [4.69, 9.17) is 28.2 Å². The Labute approximate surface area is 185 Å². The number of carbonyl (C=O) groups excluding carboxylic acids is 2. The van der Waals surface area contributed by atoms with Crippen LogP contribution in [0.5, 0.6) is 0 Å². The Hall–Kier alpha value is -2.74. The van der Waals surface area contributed by atoms with Crippen LogP contribution >= 0.6 is 39.7 Å². The molecule has 29 heavy (non-hydrogen) atoms. The third-order valence-corrected chi connectivity index (χ3v) is 5.32. The number of anilines is 1. The van der Waals surface area contributed by atoms with E-state index in [0.717, 1.165) is 10.0 Å². The molecule has 2 amide bonds. The fourth-order valence-corrected chi connectivity index (χ4v) is 3.77. The van der Waals surface area contributed by atoms with Crippen molar-refractivity contribution in [2.75, 3.05) is 4.90 Å². The lowest BCUT2D eigenvalue weighted by molar-refractivity contribution is -0.122. The van der Waals surface area contributed by atoms with Gasteiger partial charge in [-0.15, -0.1) is 0 Å². The minimum Gasteiger partial charge on any atom is -0.457 e. The highest BCUT2D eigenvalue weighted by atomic mass is 79.9. The predicted octanol–water partition coefficient (Wildman–Crippen LogP) is 5.19. The summed E-state index contributed by atoms with van der Waals surface area (Å²) in [5.74, 6) is -0.193. The lowest BCUT2D eigenvalue weighted by Crippen LogP contribution is -2.54. The minimum absolute atomic E-state index is 0.0282. The van der Waals surface area contributed by atoms with Crippen molar-refractivity contribution in [3.05, 3.63) is 81.5 Å². The third-order valence-electron chi connectivity index (χ3n) is 4.22. The first kappa shape index (κ1) is 19.6. The second kappa shape index (κ2) is 7.94. The summed E-state index contributed by atoms with van der Waals surface area (Å²) in [6.07, 6.45) is 1.39. The molecule has 0 radical (unpaired) electrons. The molecule has 1 aromatic heterocycles. The molecule has 0 atom stereocenters. The quantitative estimate of drug-likeness (QED) is 0.314. The molecule has 2 heterocycles. The molecule has 0 spiro atoms. The van der Waals surface area contributed by atoms with Crippen molar-refractivity contribution in [2.45, 2.75) is 0 Å². The number of nitrogens with zero attached hydrogens (tertiary/aromatic N) is 1. The number of benzene rings is 2. The van der Waals surface area contributed by atoms with Crippen LogP contribution in [0.3, 0.4) is 0 Å². The number of rotatable bonds is 3. The van der Waals surface area contributed by atoms with E-state index in [0.29, 0.717) is 22.2 Å². The Morgan fingerprint density at radius 2 is 1.86 bits per heavy atom. The summed E-state index contributed by atoms with van der Waals surface area (Å²) < 4.78 is 6.72. The van der Waals surface area contributed by atoms with Crippen molar-refractivity contribution in [3.63, 3.8) is 0 Å². The second-order valence-electron chi connectivity index (χ2n) is 6.12. The first-order chi connectivity index (χ1) is 13.9. The average molecular weight is 488 g/mol. The van der Waals surface area contributed by atoms with Gasteiger partial charge >= 0.3 is 0 Å². The maximum Gasteiger partial charge on any atom is 0.270 e. The van der Waals surface area contributed by atoms with Crippen molar-refractivity contribution in [3.8, 4) is 11.3 Å². The van der Waals surface area contributed by atoms with E-state index in [1.807, 2.05) is 24.3 Å². The molecule has 0 aliphatic carbocycles. The number of furan rings is 1. The van der Waals surface area contributed by atoms with E-state index in [2.05, 4.69) is 21.2 Å². The molecule has 144 valence electrons. The summed E-state index contributed by atoms with van der Waals surface area (Å²) >= 11 is 14.8. The minimum atomic E-state index is -0.594. The van der Waals surface area contributed by atoms with Gasteiger partial charge in [-0.1, -0.05) is 51.8 Å². The summed E-state index contributed by atoms with van der Waals surface area (Å²) in [5.41, 5.74) is 1.15. The molecule has 2 aromatic carbocycles. The van der Waals surface area contributed by atoms with Crippen molar-refractivity contribution < 1.29 is 14.0 Å². The van der Waals surface area contributed by atoms with Crippen molar-refractivity contribution in [2.24, 2.45) is 0 Å². The topological polar surface area (TPSA) is 62.6 Å². The summed E-state index contributed by atoms with van der Waals surface area (Å²) in [5, 5.41) is 2.84. The van der Waals surface area contributed by atoms with Crippen LogP contribution in [0.15, 0.2) is 75.1 Å². The largest absolute Gasteiger partial charge is 0.457 e. The van der Waals surface area contributed by atoms with E-state index in [1.54, 1.807) is 36.4 Å². The van der Waals surface area contributed by atoms with Crippen LogP contribution in [0.1, 0.15) is 5.76 Å². The zero-order chi connectivity index (χ0) is 20.5. The number of thiocarbonyl (C=S) groups is 1. The maximum atomic E-state index is 13.0. The molecule has 3 aromatic rings. The molecule has 1 aliphatic heterocycles. The van der Waals surface area contributed by atoms with Crippen LogP contribution < -0.4 is 10.2 Å². The summed E-state index contributed by atoms with van der Waals surface area (Å²) in [7, 11) is 0. The Morgan fingerprint density at radius 1 is 1.07 bits per heavy atom. The standard InChI is InChI=1S/C21H12BrClN2O3S/c22-13-5-3-4-12(10-13)18-9-8-14(28-18)11-15-19(26)24-21(29)25(20(15)27)17-7-2-1-6-16(17)23/h1-11H,(H,24,26,29)/b15-11+. The molecule has 1 aliphatic rings. The molecular weight excluding hydrogens is 476 g/mol. The van der Waals surface area contributed by atoms with Crippen LogP contribution in [0, 0.1) is 0 Å². The van der Waals surface area contributed by atoms with Gasteiger partial charge in [-0.2, -0.15) is 0 Å². The smallest absolute Gasteiger partial charge is 0.270 e. The zero-order valence-electron chi connectivity index (χ0n) is 14.7. The monoisotopic (exact) mass is 486 g/mol. The molecule has 1 N–H and O–H groups in total. The molecule has 1 saturated heterocycles. The molecule has 0 unspecified atom stereocenters. The number of hydrogen-bond donors (Lipinski definition) is 1. The van der Waals surface area contributed by atoms with Crippen LogP contribution in [0.4, 0.5) is 5.69 Å². The molecule has 1 fully saturated rings. The number of carbonyl (C=O) groups is 2. The maximum absolute atomic E-state index is 13.0. The van der Waals surface area contributed by atoms with Crippen LogP contribution in [0.2, 0.25) is 5.02 Å². The van der Waals surface area contributed by atoms with E-state index in [9.17, 15) is 9.59 Å². The fourth-order valence-electron chi connectivity index (χ4n) is 2.88. The molecule has 8 heteroatoms. The molecule has 0 saturated carbocycles. The molecular formula is C21H12BrClN2O3S. The van der Waals surface area contributed by atoms with Gasteiger partial charge in [-0.25, -0.2) is 0 Å². The number of hydrogen-bond acceptors (Lipinski definition) is 4. The Morgan fingerprint density at radius 3 is 2.62 bits per heavy atom. The van der Waals surface area contributed by atoms with Crippen molar-refractivity contribution in [1.29, 1.82) is 0 Å². The fraction of sp³-hybridized carbons (Fsp3) is 0. The van der Waals surface area contributed by atoms with E-state index in [-0.39, 0.29) is 10.7 Å². The molecule has 4 rings (SSSR count). The Kier molecular flexibility index (Phi) is 5.36. The highest BCUT2D eigenvalue weighted by Gasteiger charge is 2.35. The number of amides is 2. The van der Waals surface area contributed by atoms with E-state index in [1.165, 1.54) is 11.0 Å².